The van der Waals surface area contributed by atoms with Crippen molar-refractivity contribution in [3.05, 3.63) is 35.5 Å². The molecule has 0 heterocycles. The highest BCUT2D eigenvalue weighted by Gasteiger charge is 2.68. The SMILES string of the molecule is C=C(CC[C@@H](C)[C@@]1(C)CC[C@@]2(C)C3=CC[C@@]4(C)C(C)(C)[C@@H](C)CC[C@]4(C)C3=CC[C@@]21C)C(C)C. The van der Waals surface area contributed by atoms with Crippen LogP contribution in [0.4, 0.5) is 0 Å². The molecule has 0 aromatic rings. The minimum atomic E-state index is 0.298. The molecule has 4 aliphatic rings. The summed E-state index contributed by atoms with van der Waals surface area (Å²) in [6, 6.07) is 0. The molecule has 4 aliphatic carbocycles. The number of hydrogen-bond acceptors (Lipinski definition) is 0. The second kappa shape index (κ2) is 7.86. The molecule has 0 saturated heterocycles. The normalized spacial score (nSPS) is 46.2. The summed E-state index contributed by atoms with van der Waals surface area (Å²) in [5.41, 5.74) is 6.96. The number of allylic oxidation sites excluding steroid dienone is 5. The lowest BCUT2D eigenvalue weighted by molar-refractivity contribution is -0.110. The highest BCUT2D eigenvalue weighted by atomic mass is 14.7. The van der Waals surface area contributed by atoms with Crippen molar-refractivity contribution >= 4 is 0 Å². The molecular weight excluding hydrogens is 408 g/mol. The summed E-state index contributed by atoms with van der Waals surface area (Å²) in [4.78, 5) is 0. The second-order valence-electron chi connectivity index (χ2n) is 15.3. The van der Waals surface area contributed by atoms with E-state index in [0.29, 0.717) is 38.4 Å². The first-order chi connectivity index (χ1) is 15.5. The Morgan fingerprint density at radius 1 is 0.853 bits per heavy atom. The van der Waals surface area contributed by atoms with Crippen molar-refractivity contribution < 1.29 is 0 Å². The molecule has 2 fully saturated rings. The van der Waals surface area contributed by atoms with Crippen LogP contribution in [-0.2, 0) is 0 Å². The van der Waals surface area contributed by atoms with Gasteiger partial charge in [0, 0.05) is 0 Å². The Kier molecular flexibility index (Phi) is 6.08. The molecule has 0 radical (unpaired) electrons. The highest BCUT2D eigenvalue weighted by molar-refractivity contribution is 5.51. The van der Waals surface area contributed by atoms with Crippen molar-refractivity contribution in [2.45, 2.75) is 128 Å². The Labute approximate surface area is 213 Å². The summed E-state index contributed by atoms with van der Waals surface area (Å²) in [5, 5.41) is 0. The van der Waals surface area contributed by atoms with E-state index in [1.807, 2.05) is 0 Å². The van der Waals surface area contributed by atoms with Crippen molar-refractivity contribution in [2.24, 2.45) is 50.2 Å². The molecule has 0 unspecified atom stereocenters. The lowest BCUT2D eigenvalue weighted by Gasteiger charge is -2.67. The summed E-state index contributed by atoms with van der Waals surface area (Å²) in [7, 11) is 0. The Balaban J connectivity index is 1.72. The molecule has 0 heteroatoms. The number of hydrogen-bond donors (Lipinski definition) is 0. The van der Waals surface area contributed by atoms with Crippen LogP contribution in [-0.4, -0.2) is 0 Å². The summed E-state index contributed by atoms with van der Waals surface area (Å²) < 4.78 is 0. The molecule has 0 aromatic heterocycles. The van der Waals surface area contributed by atoms with Crippen LogP contribution in [0.1, 0.15) is 128 Å². The summed E-state index contributed by atoms with van der Waals surface area (Å²) in [6.45, 7) is 32.5. The van der Waals surface area contributed by atoms with Gasteiger partial charge in [0.1, 0.15) is 0 Å². The van der Waals surface area contributed by atoms with Gasteiger partial charge in [0.15, 0.2) is 0 Å². The fourth-order valence-electron chi connectivity index (χ4n) is 9.58. The summed E-state index contributed by atoms with van der Waals surface area (Å²) in [6.07, 6.45) is 15.9. The van der Waals surface area contributed by atoms with Crippen molar-refractivity contribution in [3.63, 3.8) is 0 Å². The third-order valence-corrected chi connectivity index (χ3v) is 14.3. The van der Waals surface area contributed by atoms with Crippen molar-refractivity contribution in [2.75, 3.05) is 0 Å². The van der Waals surface area contributed by atoms with Crippen molar-refractivity contribution in [1.82, 2.24) is 0 Å². The van der Waals surface area contributed by atoms with Crippen LogP contribution >= 0.6 is 0 Å². The molecule has 2 saturated carbocycles. The lowest BCUT2D eigenvalue weighted by Crippen LogP contribution is -2.59. The van der Waals surface area contributed by atoms with Gasteiger partial charge < -0.3 is 0 Å². The number of fused-ring (bicyclic) bond motifs is 5. The molecule has 4 rings (SSSR count). The molecule has 0 nitrogen and oxygen atoms in total. The summed E-state index contributed by atoms with van der Waals surface area (Å²) >= 11 is 0. The molecule has 0 aliphatic heterocycles. The monoisotopic (exact) mass is 464 g/mol. The van der Waals surface area contributed by atoms with E-state index < -0.39 is 0 Å². The van der Waals surface area contributed by atoms with E-state index in [1.54, 1.807) is 11.1 Å². The Morgan fingerprint density at radius 3 is 1.94 bits per heavy atom. The predicted octanol–water partition coefficient (Wildman–Crippen LogP) is 10.6. The lowest BCUT2D eigenvalue weighted by atomic mass is 9.37. The Bertz CT molecular complexity index is 912. The van der Waals surface area contributed by atoms with E-state index in [9.17, 15) is 0 Å². The zero-order valence-electron chi connectivity index (χ0n) is 24.8. The van der Waals surface area contributed by atoms with E-state index in [0.717, 1.165) is 11.8 Å². The first-order valence-electron chi connectivity index (χ1n) is 14.6. The van der Waals surface area contributed by atoms with Gasteiger partial charge in [0.25, 0.3) is 0 Å². The van der Waals surface area contributed by atoms with Gasteiger partial charge in [-0.25, -0.2) is 0 Å². The predicted molar refractivity (Wildman–Crippen MR) is 150 cm³/mol. The maximum atomic E-state index is 4.39. The van der Waals surface area contributed by atoms with Crippen LogP contribution in [0.15, 0.2) is 35.5 Å². The standard InChI is InChI=1S/C34H56/c1-23(2)24(3)13-14-26(5)30(8)21-22-32(10)28-16-19-33(11)29(6,7)25(4)15-18-31(33,9)27(28)17-20-34(30,32)12/h16-17,23,25-26H,3,13-15,18-22H2,1-2,4-12H3/t25-,26+,30+,31+,32-,33-,34+/m0/s1. The average Bonchev–Trinajstić information content (AvgIpc) is 2.99. The van der Waals surface area contributed by atoms with Gasteiger partial charge in [-0.15, -0.1) is 0 Å². The van der Waals surface area contributed by atoms with Gasteiger partial charge in [-0.3, -0.25) is 0 Å². The second-order valence-corrected chi connectivity index (χ2v) is 15.3. The molecule has 192 valence electrons. The van der Waals surface area contributed by atoms with Crippen LogP contribution in [0.2, 0.25) is 0 Å². The minimum absolute atomic E-state index is 0.298. The largest absolute Gasteiger partial charge is 0.0996 e. The minimum Gasteiger partial charge on any atom is -0.0996 e. The molecule has 0 aromatic carbocycles. The van der Waals surface area contributed by atoms with Crippen LogP contribution < -0.4 is 0 Å². The molecule has 34 heavy (non-hydrogen) atoms. The fourth-order valence-corrected chi connectivity index (χ4v) is 9.58. The fraction of sp³-hybridized carbons (Fsp3) is 0.824. The first-order valence-corrected chi connectivity index (χ1v) is 14.6. The van der Waals surface area contributed by atoms with E-state index >= 15 is 0 Å². The molecule has 0 spiro atoms. The zero-order chi connectivity index (χ0) is 25.5. The maximum absolute atomic E-state index is 4.39. The van der Waals surface area contributed by atoms with Crippen molar-refractivity contribution in [1.29, 1.82) is 0 Å². The van der Waals surface area contributed by atoms with Gasteiger partial charge in [0.05, 0.1) is 0 Å². The zero-order valence-corrected chi connectivity index (χ0v) is 24.8. The first kappa shape index (κ1) is 26.3. The van der Waals surface area contributed by atoms with Crippen LogP contribution in [0.25, 0.3) is 0 Å². The maximum Gasteiger partial charge on any atom is -0.00134 e. The van der Waals surface area contributed by atoms with Gasteiger partial charge >= 0.3 is 0 Å². The van der Waals surface area contributed by atoms with E-state index in [4.69, 9.17) is 0 Å². The third kappa shape index (κ3) is 3.02. The quantitative estimate of drug-likeness (QED) is 0.355. The van der Waals surface area contributed by atoms with E-state index in [-0.39, 0.29) is 0 Å². The smallest absolute Gasteiger partial charge is 0.00134 e. The van der Waals surface area contributed by atoms with Gasteiger partial charge in [-0.1, -0.05) is 100 Å². The number of rotatable bonds is 5. The van der Waals surface area contributed by atoms with Crippen LogP contribution in [0, 0.1) is 50.2 Å². The topological polar surface area (TPSA) is 0 Å². The Hall–Kier alpha value is -0.780. The van der Waals surface area contributed by atoms with Gasteiger partial charge in [0.2, 0.25) is 0 Å². The van der Waals surface area contributed by atoms with Gasteiger partial charge in [-0.2, -0.15) is 0 Å². The molecular formula is C34H56. The van der Waals surface area contributed by atoms with Crippen LogP contribution in [0.5, 0.6) is 0 Å². The molecule has 0 amide bonds. The molecule has 7 atom stereocenters. The van der Waals surface area contributed by atoms with Gasteiger partial charge in [-0.05, 0) is 113 Å². The highest BCUT2D eigenvalue weighted by Crippen LogP contribution is 2.77. The summed E-state index contributed by atoms with van der Waals surface area (Å²) in [5.74, 6) is 2.13. The molecule has 0 bridgehead atoms. The van der Waals surface area contributed by atoms with E-state index in [1.165, 1.54) is 56.9 Å². The molecule has 0 N–H and O–H groups in total. The van der Waals surface area contributed by atoms with E-state index in [2.05, 4.69) is 94.9 Å². The third-order valence-electron chi connectivity index (χ3n) is 14.3. The average molecular weight is 465 g/mol. The Morgan fingerprint density at radius 2 is 1.38 bits per heavy atom. The van der Waals surface area contributed by atoms with Crippen molar-refractivity contribution in [3.8, 4) is 0 Å². The van der Waals surface area contributed by atoms with Crippen LogP contribution in [0.3, 0.4) is 0 Å².